The van der Waals surface area contributed by atoms with Crippen molar-refractivity contribution >= 4 is 11.9 Å². The van der Waals surface area contributed by atoms with Gasteiger partial charge in [-0.3, -0.25) is 9.59 Å². The number of carbonyl (C=O) groups excluding carboxylic acids is 2. The Morgan fingerprint density at radius 3 is 1.58 bits per heavy atom. The Balaban J connectivity index is 4.60. The molecule has 0 bridgehead atoms. The van der Waals surface area contributed by atoms with Crippen LogP contribution < -0.4 is 5.32 Å². The largest absolute Gasteiger partial charge is 0.462 e. The molecule has 0 saturated heterocycles. The van der Waals surface area contributed by atoms with Crippen LogP contribution in [0.1, 0.15) is 201 Å². The molecule has 0 aromatic rings. The van der Waals surface area contributed by atoms with E-state index in [9.17, 15) is 19.8 Å². The molecule has 1 amide bonds. The van der Waals surface area contributed by atoms with Gasteiger partial charge in [0.15, 0.2) is 0 Å². The van der Waals surface area contributed by atoms with E-state index in [-0.39, 0.29) is 24.9 Å². The third kappa shape index (κ3) is 38.0. The maximum Gasteiger partial charge on any atom is 0.306 e. The van der Waals surface area contributed by atoms with Crippen LogP contribution in [-0.2, 0) is 14.3 Å². The molecule has 3 N–H and O–H groups in total. The van der Waals surface area contributed by atoms with E-state index in [1.807, 2.05) is 0 Å². The van der Waals surface area contributed by atoms with Crippen molar-refractivity contribution in [3.8, 4) is 0 Å². The first-order valence-corrected chi connectivity index (χ1v) is 22.7. The fraction of sp³-hybridized carbons (Fsp3) is 0.714. The molecule has 6 nitrogen and oxygen atoms in total. The van der Waals surface area contributed by atoms with Crippen LogP contribution in [0, 0.1) is 0 Å². The van der Waals surface area contributed by atoms with Gasteiger partial charge >= 0.3 is 5.97 Å². The lowest BCUT2D eigenvalue weighted by atomic mass is 10.0. The zero-order valence-electron chi connectivity index (χ0n) is 35.8. The Labute approximate surface area is 339 Å². The second-order valence-corrected chi connectivity index (χ2v) is 15.1. The molecule has 3 unspecified atom stereocenters. The molecular weight excluding hydrogens is 683 g/mol. The van der Waals surface area contributed by atoms with E-state index < -0.39 is 18.2 Å². The maximum absolute atomic E-state index is 13.1. The van der Waals surface area contributed by atoms with Gasteiger partial charge in [-0.2, -0.15) is 0 Å². The average molecular weight is 768 g/mol. The first-order valence-electron chi connectivity index (χ1n) is 22.7. The molecule has 316 valence electrons. The zero-order valence-corrected chi connectivity index (χ0v) is 35.8. The van der Waals surface area contributed by atoms with Gasteiger partial charge in [0.2, 0.25) is 5.91 Å². The van der Waals surface area contributed by atoms with Gasteiger partial charge in [0.05, 0.1) is 25.2 Å². The van der Waals surface area contributed by atoms with Crippen molar-refractivity contribution in [2.45, 2.75) is 219 Å². The Morgan fingerprint density at radius 1 is 0.545 bits per heavy atom. The van der Waals surface area contributed by atoms with Crippen LogP contribution in [0.4, 0.5) is 0 Å². The predicted molar refractivity (Wildman–Crippen MR) is 236 cm³/mol. The van der Waals surface area contributed by atoms with E-state index in [2.05, 4.69) is 99.0 Å². The standard InChI is InChI=1S/C49H85NO5/c1-4-7-10-13-16-19-21-22-23-24-25-26-28-30-33-36-39-42-49(54)55-45(40-37-34-31-18-15-12-9-6-3)43-48(53)50-46(44-51)47(52)41-38-35-32-29-27-20-17-14-11-8-5-2/h7,10,12,15-16,19,22-23,25-26,30,33,45-47,51-52H,4-6,8-9,11,13-14,17-18,20-21,24,27-29,31-32,34-44H2,1-3H3,(H,50,53)/b10-7-,15-12-,19-16-,23-22-,26-25-,33-30-. The molecule has 0 radical (unpaired) electrons. The highest BCUT2D eigenvalue weighted by Gasteiger charge is 2.24. The number of aliphatic hydroxyl groups is 2. The number of hydrogen-bond donors (Lipinski definition) is 3. The van der Waals surface area contributed by atoms with E-state index in [4.69, 9.17) is 4.74 Å². The maximum atomic E-state index is 13.1. The molecule has 0 heterocycles. The number of unbranched alkanes of at least 4 members (excludes halogenated alkanes) is 15. The number of hydrogen-bond acceptors (Lipinski definition) is 5. The van der Waals surface area contributed by atoms with E-state index in [1.165, 1.54) is 51.4 Å². The quantitative estimate of drug-likeness (QED) is 0.0329. The Kier molecular flexibility index (Phi) is 40.4. The third-order valence-corrected chi connectivity index (χ3v) is 9.75. The fourth-order valence-corrected chi connectivity index (χ4v) is 6.35. The molecule has 0 aromatic heterocycles. The first kappa shape index (κ1) is 52.3. The van der Waals surface area contributed by atoms with Crippen LogP contribution in [0.15, 0.2) is 72.9 Å². The molecule has 3 atom stereocenters. The lowest BCUT2D eigenvalue weighted by Gasteiger charge is -2.24. The summed E-state index contributed by atoms with van der Waals surface area (Å²) >= 11 is 0. The van der Waals surface area contributed by atoms with Crippen molar-refractivity contribution in [2.24, 2.45) is 0 Å². The molecule has 0 spiro atoms. The van der Waals surface area contributed by atoms with Gasteiger partial charge in [0.25, 0.3) is 0 Å². The molecule has 0 fully saturated rings. The second-order valence-electron chi connectivity index (χ2n) is 15.1. The van der Waals surface area contributed by atoms with Crippen molar-refractivity contribution in [1.29, 1.82) is 0 Å². The van der Waals surface area contributed by atoms with Crippen molar-refractivity contribution in [3.05, 3.63) is 72.9 Å². The van der Waals surface area contributed by atoms with Crippen LogP contribution in [0.25, 0.3) is 0 Å². The van der Waals surface area contributed by atoms with Crippen molar-refractivity contribution in [1.82, 2.24) is 5.32 Å². The lowest BCUT2D eigenvalue weighted by molar-refractivity contribution is -0.151. The summed E-state index contributed by atoms with van der Waals surface area (Å²) in [4.78, 5) is 25.9. The number of esters is 1. The molecule has 0 aromatic carbocycles. The van der Waals surface area contributed by atoms with E-state index >= 15 is 0 Å². The van der Waals surface area contributed by atoms with Crippen LogP contribution in [0.3, 0.4) is 0 Å². The number of ether oxygens (including phenoxy) is 1. The number of aliphatic hydroxyl groups excluding tert-OH is 2. The molecule has 0 saturated carbocycles. The molecule has 0 aliphatic rings. The molecule has 0 rings (SSSR count). The summed E-state index contributed by atoms with van der Waals surface area (Å²) < 4.78 is 5.84. The SMILES string of the molecule is CC/C=C\C/C=C\C/C=C\C/C=C\C/C=C\CCCC(=O)OC(CCCCC/C=C\CCC)CC(=O)NC(CO)C(O)CCCCCCCCCCCCC. The van der Waals surface area contributed by atoms with Gasteiger partial charge in [-0.1, -0.05) is 177 Å². The van der Waals surface area contributed by atoms with Gasteiger partial charge in [0.1, 0.15) is 6.10 Å². The summed E-state index contributed by atoms with van der Waals surface area (Å²) in [5, 5.41) is 23.6. The summed E-state index contributed by atoms with van der Waals surface area (Å²) in [6, 6.07) is -0.717. The lowest BCUT2D eigenvalue weighted by Crippen LogP contribution is -2.46. The van der Waals surface area contributed by atoms with Crippen molar-refractivity contribution in [3.63, 3.8) is 0 Å². The summed E-state index contributed by atoms with van der Waals surface area (Å²) in [5.74, 6) is -0.570. The molecule has 0 aliphatic heterocycles. The van der Waals surface area contributed by atoms with Crippen LogP contribution in [0.2, 0.25) is 0 Å². The van der Waals surface area contributed by atoms with Crippen LogP contribution in [-0.4, -0.2) is 46.9 Å². The van der Waals surface area contributed by atoms with Crippen LogP contribution in [0.5, 0.6) is 0 Å². The van der Waals surface area contributed by atoms with Crippen molar-refractivity contribution in [2.75, 3.05) is 6.61 Å². The topological polar surface area (TPSA) is 95.9 Å². The Morgan fingerprint density at radius 2 is 1.02 bits per heavy atom. The molecule has 55 heavy (non-hydrogen) atoms. The van der Waals surface area contributed by atoms with E-state index in [0.29, 0.717) is 25.7 Å². The van der Waals surface area contributed by atoms with Crippen LogP contribution >= 0.6 is 0 Å². The predicted octanol–water partition coefficient (Wildman–Crippen LogP) is 13.1. The number of amides is 1. The second kappa shape index (κ2) is 42.4. The highest BCUT2D eigenvalue weighted by atomic mass is 16.5. The van der Waals surface area contributed by atoms with Crippen molar-refractivity contribution < 1.29 is 24.5 Å². The monoisotopic (exact) mass is 768 g/mol. The number of carbonyl (C=O) groups is 2. The zero-order chi connectivity index (χ0) is 40.3. The van der Waals surface area contributed by atoms with Gasteiger partial charge in [-0.15, -0.1) is 0 Å². The minimum absolute atomic E-state index is 0.0403. The summed E-state index contributed by atoms with van der Waals surface area (Å²) in [7, 11) is 0. The van der Waals surface area contributed by atoms with Gasteiger partial charge < -0.3 is 20.3 Å². The minimum atomic E-state index is -0.801. The Bertz CT molecular complexity index is 1040. The Hall–Kier alpha value is -2.70. The van der Waals surface area contributed by atoms with Gasteiger partial charge in [-0.25, -0.2) is 0 Å². The average Bonchev–Trinajstić information content (AvgIpc) is 3.18. The van der Waals surface area contributed by atoms with Gasteiger partial charge in [-0.05, 0) is 83.5 Å². The normalized spacial score (nSPS) is 14.1. The summed E-state index contributed by atoms with van der Waals surface area (Å²) in [6.07, 6.45) is 52.6. The van der Waals surface area contributed by atoms with E-state index in [0.717, 1.165) is 96.3 Å². The first-order chi connectivity index (χ1) is 27.0. The molecule has 0 aliphatic carbocycles. The van der Waals surface area contributed by atoms with E-state index in [1.54, 1.807) is 0 Å². The number of rotatable bonds is 39. The highest BCUT2D eigenvalue weighted by Crippen LogP contribution is 2.16. The summed E-state index contributed by atoms with van der Waals surface area (Å²) in [6.45, 7) is 6.25. The smallest absolute Gasteiger partial charge is 0.306 e. The van der Waals surface area contributed by atoms with Gasteiger partial charge in [0, 0.05) is 6.42 Å². The highest BCUT2D eigenvalue weighted by molar-refractivity contribution is 5.77. The minimum Gasteiger partial charge on any atom is -0.462 e. The number of allylic oxidation sites excluding steroid dienone is 12. The molecule has 6 heteroatoms. The summed E-state index contributed by atoms with van der Waals surface area (Å²) in [5.41, 5.74) is 0. The number of nitrogens with one attached hydrogen (secondary N) is 1. The fourth-order valence-electron chi connectivity index (χ4n) is 6.35. The third-order valence-electron chi connectivity index (χ3n) is 9.75. The molecular formula is C49H85NO5.